The smallest absolute Gasteiger partial charge is 0.286 e. The first-order valence-electron chi connectivity index (χ1n) is 11.2. The molecule has 3 aromatic carbocycles. The van der Waals surface area contributed by atoms with Crippen LogP contribution in [0.25, 0.3) is 6.08 Å². The predicted molar refractivity (Wildman–Crippen MR) is 140 cm³/mol. The lowest BCUT2D eigenvalue weighted by Crippen LogP contribution is -2.47. The third-order valence-corrected chi connectivity index (χ3v) is 7.07. The maximum absolute atomic E-state index is 12.5. The van der Waals surface area contributed by atoms with Gasteiger partial charge in [-0.05, 0) is 65.4 Å². The third-order valence-electron chi connectivity index (χ3n) is 5.78. The molecule has 0 saturated carbocycles. The summed E-state index contributed by atoms with van der Waals surface area (Å²) in [4.78, 5) is 22.1. The van der Waals surface area contributed by atoms with E-state index < -0.39 is 0 Å². The van der Waals surface area contributed by atoms with Gasteiger partial charge in [0.25, 0.3) is 5.91 Å². The van der Waals surface area contributed by atoms with Gasteiger partial charge in [0.1, 0.15) is 12.4 Å². The number of para-hydroxylation sites is 1. The van der Waals surface area contributed by atoms with Gasteiger partial charge in [-0.3, -0.25) is 4.79 Å². The van der Waals surface area contributed by atoms with Crippen molar-refractivity contribution in [1.82, 2.24) is 4.90 Å². The normalized spacial score (nSPS) is 17.3. The fraction of sp³-hybridized carbons (Fsp3) is 0.185. The Morgan fingerprint density at radius 2 is 1.56 bits per heavy atom. The van der Waals surface area contributed by atoms with E-state index in [0.29, 0.717) is 16.5 Å². The van der Waals surface area contributed by atoms with Crippen LogP contribution in [0.1, 0.15) is 11.1 Å². The number of amidine groups is 1. The number of carbonyl (C=O) groups excluding carboxylic acids is 1. The van der Waals surface area contributed by atoms with E-state index in [0.717, 1.165) is 48.2 Å². The molecule has 1 saturated heterocycles. The van der Waals surface area contributed by atoms with Crippen molar-refractivity contribution in [1.29, 1.82) is 0 Å². The van der Waals surface area contributed by atoms with Gasteiger partial charge in [-0.2, -0.15) is 4.99 Å². The maximum atomic E-state index is 12.5. The van der Waals surface area contributed by atoms with Crippen LogP contribution in [0.15, 0.2) is 88.8 Å². The number of rotatable bonds is 5. The van der Waals surface area contributed by atoms with Crippen LogP contribution in [-0.2, 0) is 11.4 Å². The Balaban J connectivity index is 1.15. The van der Waals surface area contributed by atoms with Crippen LogP contribution in [0.3, 0.4) is 0 Å². The number of aliphatic imine (C=N–C) groups is 1. The van der Waals surface area contributed by atoms with E-state index in [9.17, 15) is 4.79 Å². The summed E-state index contributed by atoms with van der Waals surface area (Å²) in [6.07, 6.45) is 1.90. The Hall–Kier alpha value is -3.22. The Morgan fingerprint density at radius 1 is 0.882 bits per heavy atom. The van der Waals surface area contributed by atoms with E-state index in [4.69, 9.17) is 16.3 Å². The molecule has 0 aliphatic carbocycles. The lowest BCUT2D eigenvalue weighted by molar-refractivity contribution is -0.113. The summed E-state index contributed by atoms with van der Waals surface area (Å²) in [6.45, 7) is 3.99. The zero-order valence-electron chi connectivity index (χ0n) is 18.6. The molecule has 3 aromatic rings. The van der Waals surface area contributed by atoms with E-state index in [-0.39, 0.29) is 5.91 Å². The van der Waals surface area contributed by atoms with Gasteiger partial charge in [0.2, 0.25) is 0 Å². The van der Waals surface area contributed by atoms with Crippen molar-refractivity contribution in [2.75, 3.05) is 31.1 Å². The topological polar surface area (TPSA) is 45.1 Å². The molecule has 0 atom stereocenters. The van der Waals surface area contributed by atoms with Crippen molar-refractivity contribution in [3.05, 3.63) is 99.9 Å². The van der Waals surface area contributed by atoms with E-state index in [1.807, 2.05) is 60.7 Å². The van der Waals surface area contributed by atoms with Crippen molar-refractivity contribution < 1.29 is 9.53 Å². The highest BCUT2D eigenvalue weighted by atomic mass is 35.5. The molecule has 7 heteroatoms. The molecule has 0 radical (unpaired) electrons. The highest BCUT2D eigenvalue weighted by Gasteiger charge is 2.28. The SMILES string of the molecule is O=C1N=C(N2CCN(c3ccccc3)CC2)SC1=Cc1ccc(OCc2ccc(Cl)cc2)cc1. The van der Waals surface area contributed by atoms with Crippen molar-refractivity contribution in [2.24, 2.45) is 4.99 Å². The molecule has 5 rings (SSSR count). The minimum atomic E-state index is -0.173. The van der Waals surface area contributed by atoms with Crippen molar-refractivity contribution in [3.63, 3.8) is 0 Å². The summed E-state index contributed by atoms with van der Waals surface area (Å²) in [5, 5.41) is 1.51. The number of thioether (sulfide) groups is 1. The summed E-state index contributed by atoms with van der Waals surface area (Å²) in [5.41, 5.74) is 3.23. The maximum Gasteiger partial charge on any atom is 0.286 e. The number of piperazine rings is 1. The highest BCUT2D eigenvalue weighted by Crippen LogP contribution is 2.31. The molecular formula is C27H24ClN3O2S. The zero-order valence-corrected chi connectivity index (χ0v) is 20.1. The van der Waals surface area contributed by atoms with Crippen LogP contribution < -0.4 is 9.64 Å². The Morgan fingerprint density at radius 3 is 2.26 bits per heavy atom. The first kappa shape index (κ1) is 22.6. The molecule has 0 bridgehead atoms. The number of halogens is 1. The van der Waals surface area contributed by atoms with E-state index in [1.54, 1.807) is 0 Å². The number of hydrogen-bond acceptors (Lipinski definition) is 5. The molecule has 0 unspecified atom stereocenters. The second kappa shape index (κ2) is 10.4. The summed E-state index contributed by atoms with van der Waals surface area (Å²) >= 11 is 7.38. The van der Waals surface area contributed by atoms with Gasteiger partial charge in [-0.25, -0.2) is 0 Å². The minimum absolute atomic E-state index is 0.173. The summed E-state index contributed by atoms with van der Waals surface area (Å²) in [5.74, 6) is 0.601. The lowest BCUT2D eigenvalue weighted by atomic mass is 10.2. The average Bonchev–Trinajstić information content (AvgIpc) is 3.25. The average molecular weight is 490 g/mol. The first-order chi connectivity index (χ1) is 16.6. The number of anilines is 1. The Kier molecular flexibility index (Phi) is 6.88. The van der Waals surface area contributed by atoms with E-state index in [1.165, 1.54) is 17.4 Å². The highest BCUT2D eigenvalue weighted by molar-refractivity contribution is 8.18. The van der Waals surface area contributed by atoms with Gasteiger partial charge in [0, 0.05) is 36.9 Å². The number of hydrogen-bond donors (Lipinski definition) is 0. The molecule has 0 aromatic heterocycles. The first-order valence-corrected chi connectivity index (χ1v) is 12.4. The van der Waals surface area contributed by atoms with Crippen LogP contribution in [-0.4, -0.2) is 42.2 Å². The number of amides is 1. The molecular weight excluding hydrogens is 466 g/mol. The fourth-order valence-corrected chi connectivity index (χ4v) is 4.98. The molecule has 172 valence electrons. The van der Waals surface area contributed by atoms with Gasteiger partial charge < -0.3 is 14.5 Å². The molecule has 2 aliphatic heterocycles. The van der Waals surface area contributed by atoms with Gasteiger partial charge in [0.15, 0.2) is 5.17 Å². The van der Waals surface area contributed by atoms with Gasteiger partial charge in [-0.15, -0.1) is 0 Å². The van der Waals surface area contributed by atoms with Crippen LogP contribution in [0.5, 0.6) is 5.75 Å². The van der Waals surface area contributed by atoms with Crippen LogP contribution in [0.4, 0.5) is 5.69 Å². The lowest BCUT2D eigenvalue weighted by Gasteiger charge is -2.36. The number of benzene rings is 3. The van der Waals surface area contributed by atoms with Crippen LogP contribution >= 0.6 is 23.4 Å². The Bertz CT molecular complexity index is 1200. The van der Waals surface area contributed by atoms with Crippen molar-refractivity contribution in [3.8, 4) is 5.75 Å². The molecule has 0 spiro atoms. The minimum Gasteiger partial charge on any atom is -0.489 e. The standard InChI is InChI=1S/C27H24ClN3O2S/c28-22-10-6-21(7-11-22)19-33-24-12-8-20(9-13-24)18-25-26(32)29-27(34-25)31-16-14-30(15-17-31)23-4-2-1-3-5-23/h1-13,18H,14-17,19H2. The predicted octanol–water partition coefficient (Wildman–Crippen LogP) is 5.71. The monoisotopic (exact) mass is 489 g/mol. The number of ether oxygens (including phenoxy) is 1. The van der Waals surface area contributed by atoms with Crippen LogP contribution in [0.2, 0.25) is 5.02 Å². The molecule has 1 amide bonds. The van der Waals surface area contributed by atoms with E-state index in [2.05, 4.69) is 39.1 Å². The number of nitrogens with zero attached hydrogens (tertiary/aromatic N) is 3. The third kappa shape index (κ3) is 5.46. The zero-order chi connectivity index (χ0) is 23.3. The summed E-state index contributed by atoms with van der Waals surface area (Å²) < 4.78 is 5.85. The van der Waals surface area contributed by atoms with Gasteiger partial charge >= 0.3 is 0 Å². The van der Waals surface area contributed by atoms with Gasteiger partial charge in [-0.1, -0.05) is 54.1 Å². The molecule has 2 aliphatic rings. The molecule has 1 fully saturated rings. The Labute approximate surface area is 208 Å². The second-order valence-corrected chi connectivity index (χ2v) is 9.55. The second-order valence-electron chi connectivity index (χ2n) is 8.10. The van der Waals surface area contributed by atoms with Crippen molar-refractivity contribution >= 4 is 46.2 Å². The number of carbonyl (C=O) groups is 1. The largest absolute Gasteiger partial charge is 0.489 e. The summed E-state index contributed by atoms with van der Waals surface area (Å²) in [7, 11) is 0. The quantitative estimate of drug-likeness (QED) is 0.429. The molecule has 2 heterocycles. The molecule has 34 heavy (non-hydrogen) atoms. The van der Waals surface area contributed by atoms with Crippen molar-refractivity contribution in [2.45, 2.75) is 6.61 Å². The van der Waals surface area contributed by atoms with Crippen LogP contribution in [0, 0.1) is 0 Å². The summed E-state index contributed by atoms with van der Waals surface area (Å²) in [6, 6.07) is 25.8. The van der Waals surface area contributed by atoms with Gasteiger partial charge in [0.05, 0.1) is 4.91 Å². The fourth-order valence-electron chi connectivity index (χ4n) is 3.89. The molecule has 5 nitrogen and oxygen atoms in total. The van der Waals surface area contributed by atoms with E-state index >= 15 is 0 Å². The molecule has 0 N–H and O–H groups in total.